The van der Waals surface area contributed by atoms with Gasteiger partial charge in [0.15, 0.2) is 5.76 Å². The SMILES string of the molecule is O=C(NNC(=O)c1ccc(COc2ccccc2)o1)N[C@@H]1CCC[C@H](C(F)(F)F)C1. The molecule has 1 heterocycles. The van der Waals surface area contributed by atoms with Gasteiger partial charge in [-0.25, -0.2) is 10.2 Å². The van der Waals surface area contributed by atoms with Crippen LogP contribution in [0.1, 0.15) is 42.0 Å². The molecule has 0 radical (unpaired) electrons. The van der Waals surface area contributed by atoms with Crippen molar-refractivity contribution in [3.63, 3.8) is 0 Å². The Morgan fingerprint density at radius 1 is 1.07 bits per heavy atom. The molecule has 2 atom stereocenters. The van der Waals surface area contributed by atoms with Crippen molar-refractivity contribution in [3.05, 3.63) is 54.0 Å². The van der Waals surface area contributed by atoms with Crippen LogP contribution in [0.3, 0.4) is 0 Å². The number of furan rings is 1. The first-order valence-corrected chi connectivity index (χ1v) is 9.51. The Bertz CT molecular complexity index is 854. The van der Waals surface area contributed by atoms with Gasteiger partial charge in [-0.2, -0.15) is 13.2 Å². The minimum Gasteiger partial charge on any atom is -0.486 e. The van der Waals surface area contributed by atoms with Crippen LogP contribution in [-0.4, -0.2) is 24.2 Å². The standard InChI is InChI=1S/C20H22F3N3O4/c21-20(22,23)13-5-4-6-14(11-13)24-19(28)26-25-18(27)17-10-9-16(30-17)12-29-15-7-2-1-3-8-15/h1-3,7-10,13-14H,4-6,11-12H2,(H,25,27)(H2,24,26,28)/t13-,14+/m0/s1. The van der Waals surface area contributed by atoms with Gasteiger partial charge < -0.3 is 14.5 Å². The number of urea groups is 1. The molecule has 1 aliphatic rings. The molecule has 1 fully saturated rings. The number of carbonyl (C=O) groups excluding carboxylic acids is 2. The normalized spacial score (nSPS) is 19.0. The van der Waals surface area contributed by atoms with Crippen LogP contribution in [0.2, 0.25) is 0 Å². The number of hydrazine groups is 1. The van der Waals surface area contributed by atoms with E-state index in [2.05, 4.69) is 16.2 Å². The third-order valence-electron chi connectivity index (χ3n) is 4.77. The number of alkyl halides is 3. The molecule has 0 spiro atoms. The zero-order chi connectivity index (χ0) is 21.6. The van der Waals surface area contributed by atoms with Gasteiger partial charge in [0, 0.05) is 6.04 Å². The van der Waals surface area contributed by atoms with Crippen LogP contribution in [0.4, 0.5) is 18.0 Å². The van der Waals surface area contributed by atoms with Gasteiger partial charge in [0.05, 0.1) is 5.92 Å². The van der Waals surface area contributed by atoms with E-state index >= 15 is 0 Å². The second-order valence-corrected chi connectivity index (χ2v) is 7.02. The predicted octanol–water partition coefficient (Wildman–Crippen LogP) is 3.92. The maximum Gasteiger partial charge on any atom is 0.391 e. The van der Waals surface area contributed by atoms with Crippen molar-refractivity contribution < 1.29 is 31.9 Å². The predicted molar refractivity (Wildman–Crippen MR) is 100 cm³/mol. The lowest BCUT2D eigenvalue weighted by Crippen LogP contribution is -2.51. The molecule has 1 aromatic carbocycles. The Morgan fingerprint density at radius 2 is 1.83 bits per heavy atom. The molecular weight excluding hydrogens is 403 g/mol. The summed E-state index contributed by atoms with van der Waals surface area (Å²) in [7, 11) is 0. The van der Waals surface area contributed by atoms with E-state index in [4.69, 9.17) is 9.15 Å². The van der Waals surface area contributed by atoms with E-state index < -0.39 is 30.1 Å². The fourth-order valence-corrected chi connectivity index (χ4v) is 3.26. The number of carbonyl (C=O) groups is 2. The zero-order valence-electron chi connectivity index (χ0n) is 16.0. The first kappa shape index (κ1) is 21.5. The maximum atomic E-state index is 12.8. The van der Waals surface area contributed by atoms with E-state index in [0.29, 0.717) is 24.4 Å². The molecule has 3 rings (SSSR count). The summed E-state index contributed by atoms with van der Waals surface area (Å²) in [6.07, 6.45) is -3.55. The van der Waals surface area contributed by atoms with Gasteiger partial charge in [-0.1, -0.05) is 24.6 Å². The van der Waals surface area contributed by atoms with Crippen LogP contribution < -0.4 is 20.9 Å². The number of benzene rings is 1. The lowest BCUT2D eigenvalue weighted by molar-refractivity contribution is -0.183. The summed E-state index contributed by atoms with van der Waals surface area (Å²) in [4.78, 5) is 24.0. The maximum absolute atomic E-state index is 12.8. The van der Waals surface area contributed by atoms with E-state index in [-0.39, 0.29) is 25.2 Å². The van der Waals surface area contributed by atoms with Crippen molar-refractivity contribution in [3.8, 4) is 5.75 Å². The van der Waals surface area contributed by atoms with Gasteiger partial charge in [-0.05, 0) is 43.5 Å². The van der Waals surface area contributed by atoms with Crippen molar-refractivity contribution in [1.29, 1.82) is 0 Å². The zero-order valence-corrected chi connectivity index (χ0v) is 16.0. The van der Waals surface area contributed by atoms with Gasteiger partial charge in [-0.3, -0.25) is 10.2 Å². The third-order valence-corrected chi connectivity index (χ3v) is 4.77. The second-order valence-electron chi connectivity index (χ2n) is 7.02. The molecular formula is C20H22F3N3O4. The van der Waals surface area contributed by atoms with Gasteiger partial charge in [0.25, 0.3) is 0 Å². The molecule has 7 nitrogen and oxygen atoms in total. The summed E-state index contributed by atoms with van der Waals surface area (Å²) < 4.78 is 49.4. The van der Waals surface area contributed by atoms with E-state index in [1.165, 1.54) is 6.07 Å². The Balaban J connectivity index is 1.42. The average molecular weight is 425 g/mol. The van der Waals surface area contributed by atoms with Gasteiger partial charge in [-0.15, -0.1) is 0 Å². The van der Waals surface area contributed by atoms with Crippen LogP contribution in [0, 0.1) is 5.92 Å². The number of para-hydroxylation sites is 1. The Hall–Kier alpha value is -3.17. The summed E-state index contributed by atoms with van der Waals surface area (Å²) in [6, 6.07) is 10.7. The summed E-state index contributed by atoms with van der Waals surface area (Å²) in [5.41, 5.74) is 4.29. The van der Waals surface area contributed by atoms with E-state index in [1.54, 1.807) is 18.2 Å². The van der Waals surface area contributed by atoms with Crippen LogP contribution in [0.25, 0.3) is 0 Å². The van der Waals surface area contributed by atoms with Crippen molar-refractivity contribution in [2.75, 3.05) is 0 Å². The summed E-state index contributed by atoms with van der Waals surface area (Å²) in [5, 5.41) is 2.46. The molecule has 2 aromatic rings. The van der Waals surface area contributed by atoms with Crippen molar-refractivity contribution >= 4 is 11.9 Å². The molecule has 0 bridgehead atoms. The number of hydrogen-bond donors (Lipinski definition) is 3. The summed E-state index contributed by atoms with van der Waals surface area (Å²) in [5.74, 6) is -1.11. The molecule has 0 aliphatic heterocycles. The first-order chi connectivity index (χ1) is 14.3. The quantitative estimate of drug-likeness (QED) is 0.633. The fourth-order valence-electron chi connectivity index (χ4n) is 3.26. The topological polar surface area (TPSA) is 92.6 Å². The minimum absolute atomic E-state index is 0.0447. The van der Waals surface area contributed by atoms with Crippen molar-refractivity contribution in [2.24, 2.45) is 5.92 Å². The average Bonchev–Trinajstić information content (AvgIpc) is 3.20. The lowest BCUT2D eigenvalue weighted by Gasteiger charge is -2.30. The molecule has 0 unspecified atom stereocenters. The van der Waals surface area contributed by atoms with E-state index in [9.17, 15) is 22.8 Å². The van der Waals surface area contributed by atoms with Crippen molar-refractivity contribution in [1.82, 2.24) is 16.2 Å². The van der Waals surface area contributed by atoms with E-state index in [1.807, 2.05) is 18.2 Å². The highest BCUT2D eigenvalue weighted by Gasteiger charge is 2.42. The molecule has 1 aliphatic carbocycles. The highest BCUT2D eigenvalue weighted by Crippen LogP contribution is 2.37. The summed E-state index contributed by atoms with van der Waals surface area (Å²) >= 11 is 0. The Labute approximate surface area is 170 Å². The van der Waals surface area contributed by atoms with Crippen LogP contribution >= 0.6 is 0 Å². The molecule has 3 amide bonds. The van der Waals surface area contributed by atoms with Crippen molar-refractivity contribution in [2.45, 2.75) is 44.5 Å². The molecule has 162 valence electrons. The molecule has 30 heavy (non-hydrogen) atoms. The molecule has 1 aromatic heterocycles. The second kappa shape index (κ2) is 9.55. The monoisotopic (exact) mass is 425 g/mol. The number of halogens is 3. The van der Waals surface area contributed by atoms with Crippen LogP contribution in [-0.2, 0) is 6.61 Å². The molecule has 3 N–H and O–H groups in total. The smallest absolute Gasteiger partial charge is 0.391 e. The highest BCUT2D eigenvalue weighted by molar-refractivity contribution is 5.92. The Kier molecular flexibility index (Phi) is 6.86. The summed E-state index contributed by atoms with van der Waals surface area (Å²) in [6.45, 7) is 0.118. The fraction of sp³-hybridized carbons (Fsp3) is 0.400. The van der Waals surface area contributed by atoms with Crippen LogP contribution in [0.5, 0.6) is 5.75 Å². The number of nitrogens with one attached hydrogen (secondary N) is 3. The number of rotatable bonds is 5. The van der Waals surface area contributed by atoms with Crippen LogP contribution in [0.15, 0.2) is 46.9 Å². The lowest BCUT2D eigenvalue weighted by atomic mass is 9.85. The Morgan fingerprint density at radius 3 is 2.57 bits per heavy atom. The number of hydrogen-bond acceptors (Lipinski definition) is 4. The first-order valence-electron chi connectivity index (χ1n) is 9.51. The number of ether oxygens (including phenoxy) is 1. The molecule has 10 heteroatoms. The highest BCUT2D eigenvalue weighted by atomic mass is 19.4. The van der Waals surface area contributed by atoms with E-state index in [0.717, 1.165) is 0 Å². The van der Waals surface area contributed by atoms with Gasteiger partial charge in [0.1, 0.15) is 18.1 Å². The minimum atomic E-state index is -4.27. The largest absolute Gasteiger partial charge is 0.486 e. The molecule has 0 saturated heterocycles. The third kappa shape index (κ3) is 6.16. The van der Waals surface area contributed by atoms with Gasteiger partial charge in [0.2, 0.25) is 0 Å². The number of amides is 3. The molecule has 1 saturated carbocycles. The van der Waals surface area contributed by atoms with Gasteiger partial charge >= 0.3 is 18.1 Å².